The Kier molecular flexibility index (Phi) is 7.48. The number of rotatable bonds is 8. The molecule has 2 amide bonds. The molecule has 8 nitrogen and oxygen atoms in total. The van der Waals surface area contributed by atoms with Crippen LogP contribution in [0.15, 0.2) is 77.7 Å². The van der Waals surface area contributed by atoms with Gasteiger partial charge in [0.05, 0.1) is 27.9 Å². The molecule has 182 valence electrons. The number of hydrogen-bond acceptors (Lipinski definition) is 5. The SMILES string of the molecule is Cc1c(NS(=O)(=O)c2ccccc2)cccc1C(=O)Nc1ccccc1C(=O)NC[C@H]1CCCO1. The van der Waals surface area contributed by atoms with Gasteiger partial charge in [-0.1, -0.05) is 36.4 Å². The van der Waals surface area contributed by atoms with Crippen molar-refractivity contribution >= 4 is 33.2 Å². The van der Waals surface area contributed by atoms with Gasteiger partial charge in [0.15, 0.2) is 0 Å². The number of nitrogens with one attached hydrogen (secondary N) is 3. The van der Waals surface area contributed by atoms with Gasteiger partial charge in [-0.05, 0) is 61.7 Å². The molecule has 9 heteroatoms. The van der Waals surface area contributed by atoms with Gasteiger partial charge < -0.3 is 15.4 Å². The largest absolute Gasteiger partial charge is 0.376 e. The van der Waals surface area contributed by atoms with Crippen molar-refractivity contribution in [2.45, 2.75) is 30.8 Å². The molecule has 1 aliphatic heterocycles. The van der Waals surface area contributed by atoms with E-state index in [4.69, 9.17) is 4.74 Å². The van der Waals surface area contributed by atoms with E-state index in [0.717, 1.165) is 12.8 Å². The fourth-order valence-electron chi connectivity index (χ4n) is 3.88. The molecular formula is C26H27N3O5S. The van der Waals surface area contributed by atoms with Gasteiger partial charge in [0.25, 0.3) is 21.8 Å². The third kappa shape index (κ3) is 5.87. The van der Waals surface area contributed by atoms with Crippen molar-refractivity contribution in [2.75, 3.05) is 23.2 Å². The second-order valence-electron chi connectivity index (χ2n) is 8.24. The van der Waals surface area contributed by atoms with Crippen molar-refractivity contribution in [1.29, 1.82) is 0 Å². The summed E-state index contributed by atoms with van der Waals surface area (Å²) in [4.78, 5) is 26.0. The maximum atomic E-state index is 13.1. The molecule has 0 aromatic heterocycles. The lowest BCUT2D eigenvalue weighted by Crippen LogP contribution is -2.32. The molecule has 3 aromatic carbocycles. The fraction of sp³-hybridized carbons (Fsp3) is 0.231. The molecule has 0 saturated carbocycles. The monoisotopic (exact) mass is 493 g/mol. The van der Waals surface area contributed by atoms with Gasteiger partial charge in [0, 0.05) is 18.7 Å². The lowest BCUT2D eigenvalue weighted by atomic mass is 10.1. The quantitative estimate of drug-likeness (QED) is 0.440. The summed E-state index contributed by atoms with van der Waals surface area (Å²) in [5, 5.41) is 5.65. The standard InChI is InChI=1S/C26H27N3O5S/c1-18-21(13-7-15-23(18)29-35(32,33)20-10-3-2-4-11-20)26(31)28-24-14-6-5-12-22(24)25(30)27-17-19-9-8-16-34-19/h2-7,10-15,19,29H,8-9,16-17H2,1H3,(H,27,30)(H,28,31)/t19-/m1/s1. The fourth-order valence-corrected chi connectivity index (χ4v) is 5.03. The molecule has 1 saturated heterocycles. The summed E-state index contributed by atoms with van der Waals surface area (Å²) in [7, 11) is -3.81. The summed E-state index contributed by atoms with van der Waals surface area (Å²) in [5.74, 6) is -0.764. The highest BCUT2D eigenvalue weighted by Crippen LogP contribution is 2.24. The number of amides is 2. The summed E-state index contributed by atoms with van der Waals surface area (Å²) in [6.45, 7) is 2.77. The van der Waals surface area contributed by atoms with E-state index >= 15 is 0 Å². The molecule has 1 atom stereocenters. The van der Waals surface area contributed by atoms with E-state index in [1.165, 1.54) is 12.1 Å². The van der Waals surface area contributed by atoms with Crippen molar-refractivity contribution in [3.05, 3.63) is 89.5 Å². The minimum atomic E-state index is -3.81. The number of sulfonamides is 1. The number of hydrogen-bond donors (Lipinski definition) is 3. The van der Waals surface area contributed by atoms with Crippen molar-refractivity contribution in [3.63, 3.8) is 0 Å². The highest BCUT2D eigenvalue weighted by molar-refractivity contribution is 7.92. The smallest absolute Gasteiger partial charge is 0.261 e. The Balaban J connectivity index is 1.50. The minimum Gasteiger partial charge on any atom is -0.376 e. The van der Waals surface area contributed by atoms with Gasteiger partial charge in [-0.15, -0.1) is 0 Å². The lowest BCUT2D eigenvalue weighted by Gasteiger charge is -2.16. The number of carbonyl (C=O) groups excluding carboxylic acids is 2. The van der Waals surface area contributed by atoms with E-state index in [1.807, 2.05) is 0 Å². The zero-order valence-corrected chi connectivity index (χ0v) is 20.1. The first-order valence-electron chi connectivity index (χ1n) is 11.3. The molecule has 4 rings (SSSR count). The van der Waals surface area contributed by atoms with Gasteiger partial charge in [0.1, 0.15) is 0 Å². The topological polar surface area (TPSA) is 114 Å². The molecule has 1 aliphatic rings. The summed E-state index contributed by atoms with van der Waals surface area (Å²) in [6, 6.07) is 19.5. The first kappa shape index (κ1) is 24.4. The molecule has 1 fully saturated rings. The van der Waals surface area contributed by atoms with Crippen molar-refractivity contribution in [1.82, 2.24) is 5.32 Å². The number of carbonyl (C=O) groups is 2. The van der Waals surface area contributed by atoms with E-state index in [0.29, 0.717) is 35.7 Å². The first-order chi connectivity index (χ1) is 16.8. The average molecular weight is 494 g/mol. The summed E-state index contributed by atoms with van der Waals surface area (Å²) in [5.41, 5.74) is 1.73. The number of para-hydroxylation sites is 1. The van der Waals surface area contributed by atoms with Crippen LogP contribution in [0.25, 0.3) is 0 Å². The summed E-state index contributed by atoms with van der Waals surface area (Å²) < 4.78 is 33.6. The number of anilines is 2. The van der Waals surface area contributed by atoms with Gasteiger partial charge in [-0.2, -0.15) is 0 Å². The second kappa shape index (κ2) is 10.7. The van der Waals surface area contributed by atoms with Crippen molar-refractivity contribution in [2.24, 2.45) is 0 Å². The Morgan fingerprint density at radius 3 is 2.31 bits per heavy atom. The van der Waals surface area contributed by atoms with E-state index in [9.17, 15) is 18.0 Å². The summed E-state index contributed by atoms with van der Waals surface area (Å²) >= 11 is 0. The van der Waals surface area contributed by atoms with Crippen LogP contribution in [-0.4, -0.2) is 39.5 Å². The highest BCUT2D eigenvalue weighted by atomic mass is 32.2. The normalized spacial score (nSPS) is 15.4. The van der Waals surface area contributed by atoms with Crippen LogP contribution in [0.4, 0.5) is 11.4 Å². The zero-order valence-electron chi connectivity index (χ0n) is 19.3. The maximum Gasteiger partial charge on any atom is 0.261 e. The minimum absolute atomic E-state index is 0.00533. The number of benzene rings is 3. The van der Waals surface area contributed by atoms with E-state index in [1.54, 1.807) is 67.6 Å². The maximum absolute atomic E-state index is 13.1. The van der Waals surface area contributed by atoms with Gasteiger partial charge in [-0.3, -0.25) is 14.3 Å². The molecule has 0 spiro atoms. The van der Waals surface area contributed by atoms with Crippen LogP contribution >= 0.6 is 0 Å². The first-order valence-corrected chi connectivity index (χ1v) is 12.8. The Morgan fingerprint density at radius 2 is 1.57 bits per heavy atom. The Bertz CT molecular complexity index is 1320. The van der Waals surface area contributed by atoms with Crippen LogP contribution in [0.1, 0.15) is 39.1 Å². The molecule has 0 unspecified atom stereocenters. The van der Waals surface area contributed by atoms with E-state index < -0.39 is 15.9 Å². The Labute approximate surface area is 204 Å². The molecule has 0 aliphatic carbocycles. The Morgan fingerprint density at radius 1 is 0.886 bits per heavy atom. The molecule has 1 heterocycles. The third-order valence-electron chi connectivity index (χ3n) is 5.81. The van der Waals surface area contributed by atoms with E-state index in [-0.39, 0.29) is 22.5 Å². The third-order valence-corrected chi connectivity index (χ3v) is 7.19. The zero-order chi connectivity index (χ0) is 24.8. The van der Waals surface area contributed by atoms with Crippen LogP contribution in [0.2, 0.25) is 0 Å². The molecule has 3 N–H and O–H groups in total. The van der Waals surface area contributed by atoms with E-state index in [2.05, 4.69) is 15.4 Å². The van der Waals surface area contributed by atoms with Crippen molar-refractivity contribution < 1.29 is 22.7 Å². The van der Waals surface area contributed by atoms with Gasteiger partial charge in [-0.25, -0.2) is 8.42 Å². The van der Waals surface area contributed by atoms with Crippen LogP contribution in [0.5, 0.6) is 0 Å². The lowest BCUT2D eigenvalue weighted by molar-refractivity contribution is 0.0858. The van der Waals surface area contributed by atoms with Crippen LogP contribution in [0, 0.1) is 6.92 Å². The molecule has 0 bridgehead atoms. The average Bonchev–Trinajstić information content (AvgIpc) is 3.38. The van der Waals surface area contributed by atoms with Crippen LogP contribution in [0.3, 0.4) is 0 Å². The predicted molar refractivity (Wildman–Crippen MR) is 134 cm³/mol. The van der Waals surface area contributed by atoms with Crippen LogP contribution < -0.4 is 15.4 Å². The number of ether oxygens (including phenoxy) is 1. The van der Waals surface area contributed by atoms with Crippen molar-refractivity contribution in [3.8, 4) is 0 Å². The molecule has 35 heavy (non-hydrogen) atoms. The van der Waals surface area contributed by atoms with Crippen LogP contribution in [-0.2, 0) is 14.8 Å². The Hall–Kier alpha value is -3.69. The highest BCUT2D eigenvalue weighted by Gasteiger charge is 2.21. The van der Waals surface area contributed by atoms with Gasteiger partial charge in [0.2, 0.25) is 0 Å². The molecule has 0 radical (unpaired) electrons. The molecular weight excluding hydrogens is 466 g/mol. The van der Waals surface area contributed by atoms with Gasteiger partial charge >= 0.3 is 0 Å². The predicted octanol–water partition coefficient (Wildman–Crippen LogP) is 3.96. The molecule has 3 aromatic rings. The second-order valence-corrected chi connectivity index (χ2v) is 9.92. The summed E-state index contributed by atoms with van der Waals surface area (Å²) in [6.07, 6.45) is 1.89.